The van der Waals surface area contributed by atoms with Gasteiger partial charge in [0.25, 0.3) is 0 Å². The zero-order valence-corrected chi connectivity index (χ0v) is 14.9. The van der Waals surface area contributed by atoms with Crippen LogP contribution in [0.25, 0.3) is 0 Å². The van der Waals surface area contributed by atoms with E-state index in [-0.39, 0.29) is 18.1 Å². The first-order valence-corrected chi connectivity index (χ1v) is 8.68. The fraction of sp³-hybridized carbons (Fsp3) is 0.316. The number of piperazine rings is 1. The maximum absolute atomic E-state index is 13.6. The van der Waals surface area contributed by atoms with E-state index in [1.54, 1.807) is 18.2 Å². The number of hydrogen-bond donors (Lipinski definition) is 1. The van der Waals surface area contributed by atoms with Gasteiger partial charge in [-0.3, -0.25) is 9.69 Å². The topological polar surface area (TPSA) is 35.6 Å². The van der Waals surface area contributed by atoms with Crippen LogP contribution in [0.15, 0.2) is 42.5 Å². The van der Waals surface area contributed by atoms with Crippen molar-refractivity contribution in [3.63, 3.8) is 0 Å². The summed E-state index contributed by atoms with van der Waals surface area (Å²) in [6.45, 7) is 5.53. The number of hydrogen-bond acceptors (Lipinski definition) is 3. The summed E-state index contributed by atoms with van der Waals surface area (Å²) in [4.78, 5) is 16.5. The Balaban J connectivity index is 1.53. The molecule has 0 spiro atoms. The predicted molar refractivity (Wildman–Crippen MR) is 99.9 cm³/mol. The van der Waals surface area contributed by atoms with Crippen LogP contribution in [0.2, 0.25) is 5.02 Å². The third-order valence-electron chi connectivity index (χ3n) is 4.40. The Morgan fingerprint density at radius 3 is 2.60 bits per heavy atom. The Morgan fingerprint density at radius 1 is 1.16 bits per heavy atom. The number of nitrogens with one attached hydrogen (secondary N) is 1. The van der Waals surface area contributed by atoms with Crippen LogP contribution in [0.3, 0.4) is 0 Å². The Morgan fingerprint density at radius 2 is 1.88 bits per heavy atom. The molecule has 132 valence electrons. The summed E-state index contributed by atoms with van der Waals surface area (Å²) in [6.07, 6.45) is 0. The number of anilines is 2. The molecule has 1 N–H and O–H groups in total. The highest BCUT2D eigenvalue weighted by atomic mass is 35.5. The van der Waals surface area contributed by atoms with Crippen LogP contribution in [-0.2, 0) is 4.79 Å². The van der Waals surface area contributed by atoms with Crippen molar-refractivity contribution in [3.05, 3.63) is 58.9 Å². The molecule has 1 saturated heterocycles. The van der Waals surface area contributed by atoms with E-state index in [0.29, 0.717) is 0 Å². The number of amides is 1. The number of nitrogens with zero attached hydrogens (tertiary/aromatic N) is 2. The molecule has 0 atom stereocenters. The highest BCUT2D eigenvalue weighted by Gasteiger charge is 2.20. The first-order valence-electron chi connectivity index (χ1n) is 8.31. The molecule has 1 heterocycles. The van der Waals surface area contributed by atoms with Crippen LogP contribution in [0.1, 0.15) is 5.56 Å². The minimum atomic E-state index is -0.419. The van der Waals surface area contributed by atoms with Crippen LogP contribution in [-0.4, -0.2) is 43.5 Å². The molecule has 0 aliphatic carbocycles. The van der Waals surface area contributed by atoms with Gasteiger partial charge in [-0.2, -0.15) is 0 Å². The highest BCUT2D eigenvalue weighted by Crippen LogP contribution is 2.25. The van der Waals surface area contributed by atoms with Crippen LogP contribution in [0.4, 0.5) is 15.8 Å². The Bertz CT molecular complexity index is 760. The van der Waals surface area contributed by atoms with Crippen molar-refractivity contribution < 1.29 is 9.18 Å². The van der Waals surface area contributed by atoms with E-state index in [1.165, 1.54) is 11.6 Å². The molecule has 4 nitrogen and oxygen atoms in total. The Kier molecular flexibility index (Phi) is 5.56. The Labute approximate surface area is 152 Å². The van der Waals surface area contributed by atoms with Crippen molar-refractivity contribution in [2.45, 2.75) is 6.92 Å². The summed E-state index contributed by atoms with van der Waals surface area (Å²) in [5.74, 6) is -0.616. The number of rotatable bonds is 4. The first kappa shape index (κ1) is 17.7. The average molecular weight is 362 g/mol. The fourth-order valence-corrected chi connectivity index (χ4v) is 3.19. The molecule has 1 fully saturated rings. The summed E-state index contributed by atoms with van der Waals surface area (Å²) in [5, 5.41) is 3.36. The number of aryl methyl sites for hydroxylation is 1. The first-order chi connectivity index (χ1) is 12.0. The molecule has 0 unspecified atom stereocenters. The van der Waals surface area contributed by atoms with Gasteiger partial charge in [0, 0.05) is 36.9 Å². The molecule has 0 radical (unpaired) electrons. The van der Waals surface area contributed by atoms with E-state index >= 15 is 0 Å². The van der Waals surface area contributed by atoms with Gasteiger partial charge in [-0.25, -0.2) is 4.39 Å². The van der Waals surface area contributed by atoms with Gasteiger partial charge in [0.15, 0.2) is 0 Å². The van der Waals surface area contributed by atoms with Crippen molar-refractivity contribution in [3.8, 4) is 0 Å². The van der Waals surface area contributed by atoms with Crippen molar-refractivity contribution in [2.24, 2.45) is 0 Å². The lowest BCUT2D eigenvalue weighted by Crippen LogP contribution is -2.48. The standard InChI is InChI=1S/C19H21ClFN3O/c1-14-6-7-15(20)12-18(14)24-10-8-23(9-11-24)13-19(25)22-17-5-3-2-4-16(17)21/h2-7,12H,8-11,13H2,1H3,(H,22,25). The van der Waals surface area contributed by atoms with Crippen LogP contribution in [0, 0.1) is 12.7 Å². The second-order valence-corrected chi connectivity index (χ2v) is 6.66. The summed E-state index contributed by atoms with van der Waals surface area (Å²) >= 11 is 6.10. The smallest absolute Gasteiger partial charge is 0.238 e. The minimum absolute atomic E-state index is 0.197. The van der Waals surface area contributed by atoms with E-state index in [2.05, 4.69) is 22.0 Å². The fourth-order valence-electron chi connectivity index (χ4n) is 3.03. The summed E-state index contributed by atoms with van der Waals surface area (Å²) in [6, 6.07) is 12.1. The van der Waals surface area contributed by atoms with Crippen LogP contribution < -0.4 is 10.2 Å². The molecule has 1 aliphatic heterocycles. The molecule has 2 aromatic rings. The van der Waals surface area contributed by atoms with Gasteiger partial charge in [0.05, 0.1) is 12.2 Å². The lowest BCUT2D eigenvalue weighted by Gasteiger charge is -2.36. The van der Waals surface area contributed by atoms with E-state index in [4.69, 9.17) is 11.6 Å². The second-order valence-electron chi connectivity index (χ2n) is 6.22. The largest absolute Gasteiger partial charge is 0.369 e. The van der Waals surface area contributed by atoms with Gasteiger partial charge < -0.3 is 10.2 Å². The molecule has 0 bridgehead atoms. The van der Waals surface area contributed by atoms with E-state index in [1.807, 2.05) is 18.2 Å². The maximum Gasteiger partial charge on any atom is 0.238 e. The number of halogens is 2. The molecular weight excluding hydrogens is 341 g/mol. The molecule has 0 aromatic heterocycles. The molecule has 3 rings (SSSR count). The molecule has 2 aromatic carbocycles. The SMILES string of the molecule is Cc1ccc(Cl)cc1N1CCN(CC(=O)Nc2ccccc2F)CC1. The maximum atomic E-state index is 13.6. The highest BCUT2D eigenvalue weighted by molar-refractivity contribution is 6.30. The molecular formula is C19H21ClFN3O. The number of carbonyl (C=O) groups excluding carboxylic acids is 1. The average Bonchev–Trinajstić information content (AvgIpc) is 2.60. The number of carbonyl (C=O) groups is 1. The third kappa shape index (κ3) is 4.50. The monoisotopic (exact) mass is 361 g/mol. The normalized spacial score (nSPS) is 15.2. The van der Waals surface area contributed by atoms with E-state index in [9.17, 15) is 9.18 Å². The van der Waals surface area contributed by atoms with Gasteiger partial charge in [0.1, 0.15) is 5.82 Å². The zero-order valence-electron chi connectivity index (χ0n) is 14.1. The van der Waals surface area contributed by atoms with Gasteiger partial charge in [-0.15, -0.1) is 0 Å². The van der Waals surface area contributed by atoms with Gasteiger partial charge in [-0.05, 0) is 36.8 Å². The summed E-state index contributed by atoms with van der Waals surface area (Å²) in [7, 11) is 0. The number of para-hydroxylation sites is 1. The van der Waals surface area contributed by atoms with Gasteiger partial charge in [0.2, 0.25) is 5.91 Å². The lowest BCUT2D eigenvalue weighted by molar-refractivity contribution is -0.117. The Hall–Kier alpha value is -2.11. The lowest BCUT2D eigenvalue weighted by atomic mass is 10.1. The van der Waals surface area contributed by atoms with Gasteiger partial charge >= 0.3 is 0 Å². The third-order valence-corrected chi connectivity index (χ3v) is 4.63. The van der Waals surface area contributed by atoms with Crippen molar-refractivity contribution >= 4 is 28.9 Å². The van der Waals surface area contributed by atoms with Gasteiger partial charge in [-0.1, -0.05) is 29.8 Å². The summed E-state index contributed by atoms with van der Waals surface area (Å²) in [5.41, 5.74) is 2.55. The van der Waals surface area contributed by atoms with E-state index < -0.39 is 5.82 Å². The minimum Gasteiger partial charge on any atom is -0.369 e. The number of benzene rings is 2. The van der Waals surface area contributed by atoms with E-state index in [0.717, 1.165) is 36.9 Å². The molecule has 1 amide bonds. The van der Waals surface area contributed by atoms with Crippen molar-refractivity contribution in [1.82, 2.24) is 4.90 Å². The molecule has 6 heteroatoms. The predicted octanol–water partition coefficient (Wildman–Crippen LogP) is 3.55. The van der Waals surface area contributed by atoms with Crippen molar-refractivity contribution in [1.29, 1.82) is 0 Å². The zero-order chi connectivity index (χ0) is 17.8. The summed E-state index contributed by atoms with van der Waals surface area (Å²) < 4.78 is 13.6. The quantitative estimate of drug-likeness (QED) is 0.904. The van der Waals surface area contributed by atoms with Crippen LogP contribution in [0.5, 0.6) is 0 Å². The molecule has 25 heavy (non-hydrogen) atoms. The van der Waals surface area contributed by atoms with Crippen molar-refractivity contribution in [2.75, 3.05) is 42.9 Å². The molecule has 0 saturated carbocycles. The van der Waals surface area contributed by atoms with Crippen LogP contribution >= 0.6 is 11.6 Å². The second kappa shape index (κ2) is 7.85. The molecule has 1 aliphatic rings.